The first-order valence-electron chi connectivity index (χ1n) is 7.07. The number of hydrogen-bond acceptors (Lipinski definition) is 6. The van der Waals surface area contributed by atoms with Gasteiger partial charge in [0.15, 0.2) is 15.8 Å². The minimum Gasteiger partial charge on any atom is -0.288 e. The van der Waals surface area contributed by atoms with Gasteiger partial charge in [-0.2, -0.15) is 10.2 Å². The second-order valence-electron chi connectivity index (χ2n) is 4.99. The van der Waals surface area contributed by atoms with Crippen molar-refractivity contribution in [3.63, 3.8) is 0 Å². The SMILES string of the molecule is O=C(N/N=C\c1c(Cl)nc2sccn12)c1n[nH]c(=O)c2ccccc12. The first-order valence-corrected chi connectivity index (χ1v) is 8.33. The number of aromatic amines is 1. The van der Waals surface area contributed by atoms with Crippen LogP contribution >= 0.6 is 22.9 Å². The summed E-state index contributed by atoms with van der Waals surface area (Å²) in [7, 11) is 0. The van der Waals surface area contributed by atoms with E-state index >= 15 is 0 Å². The number of amides is 1. The number of fused-ring (bicyclic) bond motifs is 2. The first kappa shape index (κ1) is 15.5. The fourth-order valence-electron chi connectivity index (χ4n) is 2.39. The number of H-pyrrole nitrogens is 1. The fourth-order valence-corrected chi connectivity index (χ4v) is 3.38. The summed E-state index contributed by atoms with van der Waals surface area (Å²) in [5, 5.41) is 13.0. The Labute approximate surface area is 148 Å². The van der Waals surface area contributed by atoms with Crippen molar-refractivity contribution in [2.24, 2.45) is 5.10 Å². The van der Waals surface area contributed by atoms with Crippen LogP contribution in [0.2, 0.25) is 5.15 Å². The van der Waals surface area contributed by atoms with Crippen molar-refractivity contribution >= 4 is 50.8 Å². The quantitative estimate of drug-likeness (QED) is 0.424. The average molecular weight is 373 g/mol. The smallest absolute Gasteiger partial charge is 0.288 e. The minimum atomic E-state index is -0.550. The summed E-state index contributed by atoms with van der Waals surface area (Å²) in [6, 6.07) is 6.71. The molecular weight excluding hydrogens is 364 g/mol. The van der Waals surface area contributed by atoms with Crippen LogP contribution in [0, 0.1) is 0 Å². The number of halogens is 1. The van der Waals surface area contributed by atoms with Crippen molar-refractivity contribution in [1.29, 1.82) is 0 Å². The number of carbonyl (C=O) groups excluding carboxylic acids is 1. The molecule has 0 aliphatic rings. The van der Waals surface area contributed by atoms with Crippen molar-refractivity contribution in [1.82, 2.24) is 25.0 Å². The molecule has 0 aliphatic heterocycles. The lowest BCUT2D eigenvalue weighted by Crippen LogP contribution is -2.22. The molecule has 1 amide bonds. The van der Waals surface area contributed by atoms with E-state index in [1.807, 2.05) is 5.38 Å². The number of hydrogen-bond donors (Lipinski definition) is 2. The van der Waals surface area contributed by atoms with Crippen LogP contribution in [0.4, 0.5) is 0 Å². The van der Waals surface area contributed by atoms with Gasteiger partial charge in [0.1, 0.15) is 5.69 Å². The Balaban J connectivity index is 1.63. The van der Waals surface area contributed by atoms with Crippen LogP contribution < -0.4 is 11.0 Å². The van der Waals surface area contributed by atoms with Crippen LogP contribution in [-0.4, -0.2) is 31.7 Å². The maximum absolute atomic E-state index is 12.3. The van der Waals surface area contributed by atoms with Gasteiger partial charge in [0.2, 0.25) is 0 Å². The lowest BCUT2D eigenvalue weighted by molar-refractivity contribution is 0.0951. The number of carbonyl (C=O) groups is 1. The maximum atomic E-state index is 12.3. The summed E-state index contributed by atoms with van der Waals surface area (Å²) in [6.07, 6.45) is 3.21. The van der Waals surface area contributed by atoms with Gasteiger partial charge in [-0.3, -0.25) is 14.0 Å². The van der Waals surface area contributed by atoms with Crippen molar-refractivity contribution < 1.29 is 4.79 Å². The number of rotatable bonds is 3. The molecule has 0 saturated carbocycles. The van der Waals surface area contributed by atoms with E-state index in [-0.39, 0.29) is 16.4 Å². The molecule has 0 fully saturated rings. The number of nitrogens with zero attached hydrogens (tertiary/aromatic N) is 4. The molecular formula is C15H9ClN6O2S. The topological polar surface area (TPSA) is 105 Å². The van der Waals surface area contributed by atoms with Gasteiger partial charge in [-0.1, -0.05) is 29.8 Å². The van der Waals surface area contributed by atoms with Crippen molar-refractivity contribution in [2.75, 3.05) is 0 Å². The molecule has 0 radical (unpaired) electrons. The Morgan fingerprint density at radius 2 is 2.16 bits per heavy atom. The van der Waals surface area contributed by atoms with Gasteiger partial charge in [0.05, 0.1) is 11.6 Å². The Bertz CT molecular complexity index is 1190. The predicted molar refractivity (Wildman–Crippen MR) is 95.5 cm³/mol. The highest BCUT2D eigenvalue weighted by atomic mass is 35.5. The largest absolute Gasteiger partial charge is 0.292 e. The third-order valence-electron chi connectivity index (χ3n) is 3.52. The zero-order valence-electron chi connectivity index (χ0n) is 12.4. The van der Waals surface area contributed by atoms with Crippen LogP contribution in [0.5, 0.6) is 0 Å². The zero-order chi connectivity index (χ0) is 17.4. The van der Waals surface area contributed by atoms with Gasteiger partial charge in [0, 0.05) is 17.0 Å². The molecule has 0 saturated heterocycles. The third kappa shape index (κ3) is 2.69. The molecule has 1 aromatic carbocycles. The van der Waals surface area contributed by atoms with Crippen molar-refractivity contribution in [2.45, 2.75) is 0 Å². The van der Waals surface area contributed by atoms with E-state index < -0.39 is 5.91 Å². The van der Waals surface area contributed by atoms with Crippen LogP contribution in [0.3, 0.4) is 0 Å². The van der Waals surface area contributed by atoms with E-state index in [1.54, 1.807) is 34.9 Å². The Hall–Kier alpha value is -3.04. The van der Waals surface area contributed by atoms with Crippen molar-refractivity contribution in [3.05, 3.63) is 62.7 Å². The highest BCUT2D eigenvalue weighted by molar-refractivity contribution is 7.15. The van der Waals surface area contributed by atoms with E-state index in [2.05, 4.69) is 25.7 Å². The lowest BCUT2D eigenvalue weighted by Gasteiger charge is -2.02. The monoisotopic (exact) mass is 372 g/mol. The van der Waals surface area contributed by atoms with Gasteiger partial charge in [-0.05, 0) is 6.07 Å². The fraction of sp³-hybridized carbons (Fsp3) is 0. The Morgan fingerprint density at radius 1 is 1.36 bits per heavy atom. The standard InChI is InChI=1S/C15H9ClN6O2S/c16-12-10(22-5-6-25-15(22)18-12)7-17-20-14(24)11-8-3-1-2-4-9(8)13(23)21-19-11/h1-7H,(H,20,24)(H,21,23)/b17-7-. The molecule has 4 aromatic rings. The molecule has 10 heteroatoms. The average Bonchev–Trinajstić information content (AvgIpc) is 3.17. The second kappa shape index (κ2) is 6.11. The molecule has 3 aromatic heterocycles. The van der Waals surface area contributed by atoms with E-state index in [0.717, 1.165) is 4.96 Å². The number of nitrogens with one attached hydrogen (secondary N) is 2. The molecule has 3 heterocycles. The molecule has 124 valence electrons. The van der Waals surface area contributed by atoms with Gasteiger partial charge in [-0.25, -0.2) is 15.5 Å². The maximum Gasteiger partial charge on any atom is 0.292 e. The summed E-state index contributed by atoms with van der Waals surface area (Å²) in [5.74, 6) is -0.550. The summed E-state index contributed by atoms with van der Waals surface area (Å²) >= 11 is 7.49. The van der Waals surface area contributed by atoms with E-state index in [1.165, 1.54) is 17.6 Å². The van der Waals surface area contributed by atoms with Crippen LogP contribution in [0.25, 0.3) is 15.7 Å². The summed E-state index contributed by atoms with van der Waals surface area (Å²) in [4.78, 5) is 29.0. The number of thiazole rings is 1. The van der Waals surface area contributed by atoms with Crippen LogP contribution in [0.15, 0.2) is 45.7 Å². The molecule has 8 nitrogen and oxygen atoms in total. The van der Waals surface area contributed by atoms with Gasteiger partial charge in [0.25, 0.3) is 11.5 Å². The molecule has 0 unspecified atom stereocenters. The minimum absolute atomic E-state index is 0.0763. The highest BCUT2D eigenvalue weighted by Gasteiger charge is 2.14. The molecule has 0 aliphatic carbocycles. The molecule has 25 heavy (non-hydrogen) atoms. The van der Waals surface area contributed by atoms with E-state index in [4.69, 9.17) is 11.6 Å². The van der Waals surface area contributed by atoms with Gasteiger partial charge in [-0.15, -0.1) is 11.3 Å². The number of hydrazone groups is 1. The normalized spacial score (nSPS) is 11.6. The molecule has 2 N–H and O–H groups in total. The van der Waals surface area contributed by atoms with Crippen molar-refractivity contribution in [3.8, 4) is 0 Å². The number of imidazole rings is 1. The van der Waals surface area contributed by atoms with Gasteiger partial charge < -0.3 is 0 Å². The van der Waals surface area contributed by atoms with E-state index in [0.29, 0.717) is 16.5 Å². The summed E-state index contributed by atoms with van der Waals surface area (Å²) in [6.45, 7) is 0. The summed E-state index contributed by atoms with van der Waals surface area (Å²) in [5.41, 5.74) is 2.65. The number of benzene rings is 1. The second-order valence-corrected chi connectivity index (χ2v) is 6.22. The third-order valence-corrected chi connectivity index (χ3v) is 4.55. The first-order chi connectivity index (χ1) is 12.1. The lowest BCUT2D eigenvalue weighted by atomic mass is 10.1. The predicted octanol–water partition coefficient (Wildman–Crippen LogP) is 2.05. The number of aromatic nitrogens is 4. The molecule has 0 bridgehead atoms. The van der Waals surface area contributed by atoms with Crippen LogP contribution in [0.1, 0.15) is 16.2 Å². The zero-order valence-corrected chi connectivity index (χ0v) is 14.0. The van der Waals surface area contributed by atoms with E-state index in [9.17, 15) is 9.59 Å². The Morgan fingerprint density at radius 3 is 3.00 bits per heavy atom. The molecule has 0 spiro atoms. The van der Waals surface area contributed by atoms with Gasteiger partial charge >= 0.3 is 0 Å². The summed E-state index contributed by atoms with van der Waals surface area (Å²) < 4.78 is 1.76. The van der Waals surface area contributed by atoms with Crippen LogP contribution in [-0.2, 0) is 0 Å². The molecule has 4 rings (SSSR count). The Kier molecular flexibility index (Phi) is 3.79. The highest BCUT2D eigenvalue weighted by Crippen LogP contribution is 2.19. The molecule has 0 atom stereocenters.